The number of amides is 1. The highest BCUT2D eigenvalue weighted by atomic mass is 16.4. The van der Waals surface area contributed by atoms with Crippen LogP contribution in [0.3, 0.4) is 0 Å². The summed E-state index contributed by atoms with van der Waals surface area (Å²) in [5.74, 6) is 0.0720. The van der Waals surface area contributed by atoms with Gasteiger partial charge in [-0.05, 0) is 0 Å². The van der Waals surface area contributed by atoms with Crippen molar-refractivity contribution in [2.24, 2.45) is 16.3 Å². The fourth-order valence-corrected chi connectivity index (χ4v) is 0.670. The molecule has 13 heavy (non-hydrogen) atoms. The van der Waals surface area contributed by atoms with E-state index in [1.165, 1.54) is 0 Å². The minimum atomic E-state index is -0.514. The van der Waals surface area contributed by atoms with Gasteiger partial charge in [-0.2, -0.15) is 0 Å². The summed E-state index contributed by atoms with van der Waals surface area (Å²) in [6.07, 6.45) is 0.437. The van der Waals surface area contributed by atoms with E-state index >= 15 is 0 Å². The van der Waals surface area contributed by atoms with E-state index in [4.69, 9.17) is 10.9 Å². The van der Waals surface area contributed by atoms with E-state index in [2.05, 4.69) is 10.5 Å². The number of nitrogens with two attached hydrogens (primary N) is 1. The first-order valence-corrected chi connectivity index (χ1v) is 4.18. The van der Waals surface area contributed by atoms with Crippen LogP contribution in [0.5, 0.6) is 0 Å². The molecule has 4 N–H and O–H groups in total. The lowest BCUT2D eigenvalue weighted by atomic mass is 9.92. The Balaban J connectivity index is 4.11. The molecule has 0 rings (SSSR count). The van der Waals surface area contributed by atoms with Gasteiger partial charge in [0.15, 0.2) is 0 Å². The molecule has 0 saturated heterocycles. The molecule has 0 spiro atoms. The third-order valence-electron chi connectivity index (χ3n) is 1.85. The Morgan fingerprint density at radius 3 is 2.54 bits per heavy atom. The van der Waals surface area contributed by atoms with Crippen LogP contribution in [0.2, 0.25) is 0 Å². The summed E-state index contributed by atoms with van der Waals surface area (Å²) in [7, 11) is 0. The number of nitrogens with one attached hydrogen (secondary N) is 1. The van der Waals surface area contributed by atoms with Gasteiger partial charge in [0.05, 0.1) is 0 Å². The maximum Gasteiger partial charge on any atom is 0.219 e. The third kappa shape index (κ3) is 3.78. The van der Waals surface area contributed by atoms with Crippen LogP contribution < -0.4 is 11.1 Å². The topological polar surface area (TPSA) is 87.7 Å². The molecule has 5 nitrogen and oxygen atoms in total. The molecule has 0 atom stereocenters. The Bertz CT molecular complexity index is 211. The second kappa shape index (κ2) is 4.69. The number of hydrogen-bond acceptors (Lipinski definition) is 3. The van der Waals surface area contributed by atoms with Gasteiger partial charge in [0.1, 0.15) is 5.84 Å². The number of hydrogen-bond donors (Lipinski definition) is 3. The summed E-state index contributed by atoms with van der Waals surface area (Å²) >= 11 is 0. The number of oxime groups is 1. The maximum atomic E-state index is 10.9. The van der Waals surface area contributed by atoms with E-state index in [0.717, 1.165) is 0 Å². The van der Waals surface area contributed by atoms with Crippen molar-refractivity contribution in [3.05, 3.63) is 0 Å². The highest BCUT2D eigenvalue weighted by molar-refractivity contribution is 5.86. The van der Waals surface area contributed by atoms with Gasteiger partial charge >= 0.3 is 0 Å². The summed E-state index contributed by atoms with van der Waals surface area (Å²) in [5.41, 5.74) is 4.91. The summed E-state index contributed by atoms with van der Waals surface area (Å²) in [4.78, 5) is 10.9. The highest BCUT2D eigenvalue weighted by Gasteiger charge is 2.23. The lowest BCUT2D eigenvalue weighted by Gasteiger charge is -2.22. The van der Waals surface area contributed by atoms with Crippen molar-refractivity contribution in [3.8, 4) is 0 Å². The van der Waals surface area contributed by atoms with Crippen LogP contribution in [0.15, 0.2) is 5.16 Å². The second-order valence-corrected chi connectivity index (χ2v) is 3.50. The lowest BCUT2D eigenvalue weighted by molar-refractivity contribution is -0.121. The van der Waals surface area contributed by atoms with Gasteiger partial charge in [0.2, 0.25) is 5.91 Å². The molecule has 0 saturated carbocycles. The molecule has 0 heterocycles. The van der Waals surface area contributed by atoms with E-state index < -0.39 is 5.41 Å². The van der Waals surface area contributed by atoms with Crippen molar-refractivity contribution in [1.29, 1.82) is 0 Å². The second-order valence-electron chi connectivity index (χ2n) is 3.50. The Labute approximate surface area is 78.0 Å². The molecule has 0 aliphatic heterocycles. The van der Waals surface area contributed by atoms with Gasteiger partial charge in [-0.25, -0.2) is 0 Å². The molecule has 76 valence electrons. The van der Waals surface area contributed by atoms with E-state index in [0.29, 0.717) is 13.0 Å². The van der Waals surface area contributed by atoms with Crippen LogP contribution in [0.25, 0.3) is 0 Å². The van der Waals surface area contributed by atoms with Gasteiger partial charge in [0, 0.05) is 18.4 Å². The fourth-order valence-electron chi connectivity index (χ4n) is 0.670. The summed E-state index contributed by atoms with van der Waals surface area (Å²) in [6, 6.07) is 0. The first kappa shape index (κ1) is 11.7. The Morgan fingerprint density at radius 1 is 1.62 bits per heavy atom. The quantitative estimate of drug-likeness (QED) is 0.256. The molecule has 0 fully saturated rings. The number of amidine groups is 1. The molecule has 0 radical (unpaired) electrons. The number of rotatable bonds is 4. The zero-order valence-electron chi connectivity index (χ0n) is 8.29. The normalized spacial score (nSPS) is 12.7. The largest absolute Gasteiger partial charge is 0.409 e. The van der Waals surface area contributed by atoms with E-state index in [9.17, 15) is 4.79 Å². The predicted octanol–water partition coefficient (Wildman–Crippen LogP) is 0.285. The van der Waals surface area contributed by atoms with Crippen LogP contribution in [0.4, 0.5) is 0 Å². The van der Waals surface area contributed by atoms with E-state index in [1.54, 1.807) is 20.8 Å². The van der Waals surface area contributed by atoms with Crippen molar-refractivity contribution in [2.75, 3.05) is 6.54 Å². The third-order valence-corrected chi connectivity index (χ3v) is 1.85. The zero-order valence-corrected chi connectivity index (χ0v) is 8.29. The average molecular weight is 187 g/mol. The van der Waals surface area contributed by atoms with Crippen LogP contribution in [-0.4, -0.2) is 23.5 Å². The van der Waals surface area contributed by atoms with E-state index in [1.807, 2.05) is 0 Å². The molecule has 0 aromatic heterocycles. The summed E-state index contributed by atoms with van der Waals surface area (Å²) < 4.78 is 0. The average Bonchev–Trinajstić information content (AvgIpc) is 2.12. The zero-order chi connectivity index (χ0) is 10.5. The van der Waals surface area contributed by atoms with Crippen LogP contribution in [0.1, 0.15) is 27.2 Å². The Hall–Kier alpha value is -1.26. The van der Waals surface area contributed by atoms with E-state index in [-0.39, 0.29) is 11.7 Å². The molecule has 0 bridgehead atoms. The molecule has 0 aromatic carbocycles. The van der Waals surface area contributed by atoms with Gasteiger partial charge in [-0.1, -0.05) is 25.9 Å². The number of carbonyl (C=O) groups excluding carboxylic acids is 1. The first-order chi connectivity index (χ1) is 5.94. The maximum absolute atomic E-state index is 10.9. The number of nitrogens with zero attached hydrogens (tertiary/aromatic N) is 1. The van der Waals surface area contributed by atoms with Crippen molar-refractivity contribution < 1.29 is 10.0 Å². The number of carbonyl (C=O) groups is 1. The summed E-state index contributed by atoms with van der Waals surface area (Å²) in [5, 5.41) is 14.0. The molecule has 0 unspecified atom stereocenters. The van der Waals surface area contributed by atoms with Crippen LogP contribution in [-0.2, 0) is 4.79 Å². The Morgan fingerprint density at radius 2 is 2.15 bits per heavy atom. The van der Waals surface area contributed by atoms with Crippen LogP contribution >= 0.6 is 0 Å². The predicted molar refractivity (Wildman–Crippen MR) is 50.5 cm³/mol. The van der Waals surface area contributed by atoms with Gasteiger partial charge in [-0.3, -0.25) is 4.79 Å². The molecule has 0 aromatic rings. The van der Waals surface area contributed by atoms with Crippen molar-refractivity contribution in [1.82, 2.24) is 5.32 Å². The van der Waals surface area contributed by atoms with Crippen LogP contribution in [0, 0.1) is 5.41 Å². The van der Waals surface area contributed by atoms with Crippen molar-refractivity contribution >= 4 is 11.7 Å². The first-order valence-electron chi connectivity index (χ1n) is 4.18. The van der Waals surface area contributed by atoms with Gasteiger partial charge in [0.25, 0.3) is 0 Å². The SMILES string of the molecule is CCC(=O)NCC(C)(C)C(N)=NO. The van der Waals surface area contributed by atoms with Crippen molar-refractivity contribution in [2.45, 2.75) is 27.2 Å². The van der Waals surface area contributed by atoms with Gasteiger partial charge < -0.3 is 16.3 Å². The molecular weight excluding hydrogens is 170 g/mol. The van der Waals surface area contributed by atoms with Crippen molar-refractivity contribution in [3.63, 3.8) is 0 Å². The molecule has 0 aliphatic rings. The standard InChI is InChI=1S/C8H17N3O2/c1-4-6(12)10-5-8(2,3)7(9)11-13/h13H,4-5H2,1-3H3,(H2,9,11)(H,10,12). The monoisotopic (exact) mass is 187 g/mol. The van der Waals surface area contributed by atoms with Gasteiger partial charge in [-0.15, -0.1) is 0 Å². The molecule has 1 amide bonds. The molecule has 0 aliphatic carbocycles. The smallest absolute Gasteiger partial charge is 0.219 e. The highest BCUT2D eigenvalue weighted by Crippen LogP contribution is 2.13. The minimum Gasteiger partial charge on any atom is -0.409 e. The minimum absolute atomic E-state index is 0.0428. The molecular formula is C8H17N3O2. The fraction of sp³-hybridized carbons (Fsp3) is 0.750. The lowest BCUT2D eigenvalue weighted by Crippen LogP contribution is -2.42. The Kier molecular flexibility index (Phi) is 4.23. The molecule has 5 heteroatoms. The summed E-state index contributed by atoms with van der Waals surface area (Å²) in [6.45, 7) is 5.72.